The van der Waals surface area contributed by atoms with E-state index in [9.17, 15) is 10.1 Å². The summed E-state index contributed by atoms with van der Waals surface area (Å²) in [5.41, 5.74) is 0.677. The van der Waals surface area contributed by atoms with Crippen LogP contribution < -0.4 is 4.90 Å². The third kappa shape index (κ3) is 3.68. The predicted molar refractivity (Wildman–Crippen MR) is 76.1 cm³/mol. The Morgan fingerprint density at radius 3 is 3.05 bits per heavy atom. The highest BCUT2D eigenvalue weighted by Crippen LogP contribution is 2.27. The minimum Gasteiger partial charge on any atom is -0.394 e. The Morgan fingerprint density at radius 1 is 1.57 bits per heavy atom. The maximum absolute atomic E-state index is 10.8. The van der Waals surface area contributed by atoms with Gasteiger partial charge in [0.1, 0.15) is 11.6 Å². The van der Waals surface area contributed by atoms with Crippen molar-refractivity contribution in [2.45, 2.75) is 18.9 Å². The Labute approximate surface area is 122 Å². The first-order valence-corrected chi connectivity index (χ1v) is 6.81. The first-order valence-electron chi connectivity index (χ1n) is 6.81. The van der Waals surface area contributed by atoms with Gasteiger partial charge in [-0.05, 0) is 25.0 Å². The van der Waals surface area contributed by atoms with Crippen LogP contribution in [0.2, 0.25) is 0 Å². The first kappa shape index (κ1) is 15.2. The van der Waals surface area contributed by atoms with Crippen LogP contribution in [0.5, 0.6) is 0 Å². The molecule has 0 amide bonds. The van der Waals surface area contributed by atoms with E-state index in [1.165, 1.54) is 6.07 Å². The molecule has 1 fully saturated rings. The van der Waals surface area contributed by atoms with Gasteiger partial charge in [0.05, 0.1) is 24.2 Å². The summed E-state index contributed by atoms with van der Waals surface area (Å²) >= 11 is 0. The van der Waals surface area contributed by atoms with Crippen molar-refractivity contribution in [2.75, 3.05) is 31.2 Å². The lowest BCUT2D eigenvalue weighted by atomic mass is 10.1. The molecule has 1 aliphatic rings. The van der Waals surface area contributed by atoms with Gasteiger partial charge in [0, 0.05) is 24.8 Å². The topological polar surface area (TPSA) is 99.6 Å². The van der Waals surface area contributed by atoms with E-state index in [1.54, 1.807) is 12.1 Å². The van der Waals surface area contributed by atoms with Crippen molar-refractivity contribution in [1.82, 2.24) is 0 Å². The molecule has 7 nitrogen and oxygen atoms in total. The molecular formula is C14H17N3O4. The third-order valence-electron chi connectivity index (χ3n) is 3.49. The number of aliphatic hydroxyl groups excluding tert-OH is 1. The Morgan fingerprint density at radius 2 is 2.38 bits per heavy atom. The van der Waals surface area contributed by atoms with E-state index in [1.807, 2.05) is 6.07 Å². The van der Waals surface area contributed by atoms with E-state index in [2.05, 4.69) is 4.90 Å². The lowest BCUT2D eigenvalue weighted by molar-refractivity contribution is -0.385. The van der Waals surface area contributed by atoms with Crippen LogP contribution in [0.15, 0.2) is 18.2 Å². The molecule has 1 unspecified atom stereocenters. The normalized spacial score (nSPS) is 18.3. The lowest BCUT2D eigenvalue weighted by Crippen LogP contribution is -2.40. The van der Waals surface area contributed by atoms with E-state index in [0.29, 0.717) is 13.2 Å². The molecular weight excluding hydrogens is 274 g/mol. The molecule has 0 aliphatic carbocycles. The smallest absolute Gasteiger partial charge is 0.287 e. The molecule has 1 aliphatic heterocycles. The van der Waals surface area contributed by atoms with Crippen LogP contribution >= 0.6 is 0 Å². The van der Waals surface area contributed by atoms with Crippen LogP contribution in [0, 0.1) is 21.4 Å². The molecule has 0 bridgehead atoms. The van der Waals surface area contributed by atoms with E-state index in [4.69, 9.17) is 15.1 Å². The Kier molecular flexibility index (Phi) is 5.09. The molecule has 2 rings (SSSR count). The second-order valence-corrected chi connectivity index (χ2v) is 4.88. The average molecular weight is 291 g/mol. The largest absolute Gasteiger partial charge is 0.394 e. The second-order valence-electron chi connectivity index (χ2n) is 4.88. The van der Waals surface area contributed by atoms with Gasteiger partial charge in [-0.2, -0.15) is 5.26 Å². The number of nitro benzene ring substituents is 1. The highest BCUT2D eigenvalue weighted by Gasteiger charge is 2.22. The zero-order chi connectivity index (χ0) is 15.2. The van der Waals surface area contributed by atoms with Gasteiger partial charge in [-0.3, -0.25) is 10.1 Å². The zero-order valence-electron chi connectivity index (χ0n) is 11.6. The van der Waals surface area contributed by atoms with Crippen molar-refractivity contribution >= 4 is 11.4 Å². The van der Waals surface area contributed by atoms with Crippen LogP contribution in [0.1, 0.15) is 18.4 Å². The summed E-state index contributed by atoms with van der Waals surface area (Å²) in [4.78, 5) is 12.3. The summed E-state index contributed by atoms with van der Waals surface area (Å²) in [7, 11) is 0. The molecule has 0 spiro atoms. The molecule has 1 N–H and O–H groups in total. The Hall–Kier alpha value is -2.17. The van der Waals surface area contributed by atoms with Crippen molar-refractivity contribution in [3.05, 3.63) is 33.9 Å². The van der Waals surface area contributed by atoms with Crippen molar-refractivity contribution in [3.63, 3.8) is 0 Å². The summed E-state index contributed by atoms with van der Waals surface area (Å²) in [5, 5.41) is 28.7. The molecule has 0 radical (unpaired) electrons. The van der Waals surface area contributed by atoms with Crippen LogP contribution in [0.3, 0.4) is 0 Å². The van der Waals surface area contributed by atoms with E-state index in [-0.39, 0.29) is 24.0 Å². The molecule has 0 saturated carbocycles. The van der Waals surface area contributed by atoms with Gasteiger partial charge in [0.2, 0.25) is 0 Å². The quantitative estimate of drug-likeness (QED) is 0.651. The van der Waals surface area contributed by atoms with Crippen molar-refractivity contribution in [3.8, 4) is 6.07 Å². The molecule has 1 heterocycles. The highest BCUT2D eigenvalue weighted by atomic mass is 16.6. The fraction of sp³-hybridized carbons (Fsp3) is 0.500. The van der Waals surface area contributed by atoms with Gasteiger partial charge < -0.3 is 14.7 Å². The number of rotatable bonds is 5. The molecule has 1 aromatic carbocycles. The standard InChI is InChI=1S/C14H17N3O4/c15-9-11-8-12(3-4-14(11)17(19)20)16-5-1-2-13(10-16)21-7-6-18/h3-4,8,13,18H,1-2,5-7,10H2. The number of hydrogen-bond donors (Lipinski definition) is 1. The molecule has 1 atom stereocenters. The summed E-state index contributed by atoms with van der Waals surface area (Å²) in [6.45, 7) is 1.78. The minimum absolute atomic E-state index is 0.00733. The van der Waals surface area contributed by atoms with E-state index >= 15 is 0 Å². The first-order chi connectivity index (χ1) is 10.2. The van der Waals surface area contributed by atoms with Crippen LogP contribution in [0.25, 0.3) is 0 Å². The predicted octanol–water partition coefficient (Wildman–Crippen LogP) is 1.44. The van der Waals surface area contributed by atoms with E-state index < -0.39 is 4.92 Å². The summed E-state index contributed by atoms with van der Waals surface area (Å²) in [6, 6.07) is 6.44. The second kappa shape index (κ2) is 7.02. The zero-order valence-corrected chi connectivity index (χ0v) is 11.6. The number of nitrogens with zero attached hydrogens (tertiary/aromatic N) is 3. The number of piperidine rings is 1. The van der Waals surface area contributed by atoms with Crippen LogP contribution in [-0.4, -0.2) is 42.4 Å². The third-order valence-corrected chi connectivity index (χ3v) is 3.49. The van der Waals surface area contributed by atoms with Crippen molar-refractivity contribution in [1.29, 1.82) is 5.26 Å². The average Bonchev–Trinajstić information content (AvgIpc) is 2.52. The fourth-order valence-electron chi connectivity index (χ4n) is 2.50. The minimum atomic E-state index is -0.550. The van der Waals surface area contributed by atoms with Gasteiger partial charge in [0.25, 0.3) is 5.69 Å². The molecule has 21 heavy (non-hydrogen) atoms. The number of nitro groups is 1. The number of aliphatic hydroxyl groups is 1. The number of anilines is 1. The maximum atomic E-state index is 10.8. The maximum Gasteiger partial charge on any atom is 0.287 e. The highest BCUT2D eigenvalue weighted by molar-refractivity contribution is 5.60. The molecule has 0 aromatic heterocycles. The molecule has 1 aromatic rings. The summed E-state index contributed by atoms with van der Waals surface area (Å²) in [6.07, 6.45) is 1.90. The van der Waals surface area contributed by atoms with Crippen molar-refractivity contribution in [2.24, 2.45) is 0 Å². The number of ether oxygens (including phenoxy) is 1. The number of hydrogen-bond acceptors (Lipinski definition) is 6. The molecule has 112 valence electrons. The van der Waals surface area contributed by atoms with E-state index in [0.717, 1.165) is 25.1 Å². The summed E-state index contributed by atoms with van der Waals surface area (Å²) in [5.74, 6) is 0. The lowest BCUT2D eigenvalue weighted by Gasteiger charge is -2.34. The fourth-order valence-corrected chi connectivity index (χ4v) is 2.50. The van der Waals surface area contributed by atoms with Gasteiger partial charge in [-0.1, -0.05) is 0 Å². The Balaban J connectivity index is 2.14. The van der Waals surface area contributed by atoms with Crippen LogP contribution in [-0.2, 0) is 4.74 Å². The number of nitriles is 1. The van der Waals surface area contributed by atoms with Gasteiger partial charge in [0.15, 0.2) is 0 Å². The van der Waals surface area contributed by atoms with Gasteiger partial charge in [-0.15, -0.1) is 0 Å². The van der Waals surface area contributed by atoms with Gasteiger partial charge >= 0.3 is 0 Å². The SMILES string of the molecule is N#Cc1cc(N2CCCC(OCCO)C2)ccc1[N+](=O)[O-]. The van der Waals surface area contributed by atoms with Gasteiger partial charge in [-0.25, -0.2) is 0 Å². The Bertz CT molecular complexity index is 556. The number of benzene rings is 1. The van der Waals surface area contributed by atoms with Crippen molar-refractivity contribution < 1.29 is 14.8 Å². The summed E-state index contributed by atoms with van der Waals surface area (Å²) < 4.78 is 5.54. The monoisotopic (exact) mass is 291 g/mol. The molecule has 7 heteroatoms. The van der Waals surface area contributed by atoms with Crippen LogP contribution in [0.4, 0.5) is 11.4 Å². The molecule has 1 saturated heterocycles.